The second-order valence-corrected chi connectivity index (χ2v) is 5.62. The number of aliphatic hydroxyl groups is 5. The van der Waals surface area contributed by atoms with E-state index >= 15 is 0 Å². The van der Waals surface area contributed by atoms with Crippen LogP contribution in [0.15, 0.2) is 0 Å². The molecule has 0 spiro atoms. The predicted octanol–water partition coefficient (Wildman–Crippen LogP) is -3.48. The highest BCUT2D eigenvalue weighted by molar-refractivity contribution is 5.76. The van der Waals surface area contributed by atoms with Gasteiger partial charge in [-0.2, -0.15) is 0 Å². The second kappa shape index (κ2) is 6.44. The molecule has 1 heterocycles. The van der Waals surface area contributed by atoms with Crippen molar-refractivity contribution in [2.24, 2.45) is 0 Å². The number of nitrogens with one attached hydrogen (secondary N) is 1. The van der Waals surface area contributed by atoms with E-state index in [1.807, 2.05) is 0 Å². The summed E-state index contributed by atoms with van der Waals surface area (Å²) in [7, 11) is 0. The molecule has 1 aliphatic heterocycles. The Balaban J connectivity index is 3.22. The number of amides is 1. The molecule has 0 aromatic heterocycles. The van der Waals surface area contributed by atoms with Crippen LogP contribution in [0.5, 0.6) is 0 Å². The Labute approximate surface area is 125 Å². The maximum Gasteiger partial charge on any atom is 0.364 e. The molecular formula is C12H21NO9. The third-order valence-corrected chi connectivity index (χ3v) is 3.54. The van der Waals surface area contributed by atoms with E-state index in [9.17, 15) is 30.0 Å². The molecular weight excluding hydrogens is 302 g/mol. The van der Waals surface area contributed by atoms with Gasteiger partial charge in [0.1, 0.15) is 18.3 Å². The van der Waals surface area contributed by atoms with Gasteiger partial charge in [-0.3, -0.25) is 4.79 Å². The van der Waals surface area contributed by atoms with Gasteiger partial charge >= 0.3 is 5.97 Å². The quantitative estimate of drug-likeness (QED) is 0.271. The van der Waals surface area contributed by atoms with E-state index in [1.165, 1.54) is 0 Å². The summed E-state index contributed by atoms with van der Waals surface area (Å²) in [4.78, 5) is 22.4. The number of hydrogen-bond acceptors (Lipinski definition) is 8. The zero-order valence-corrected chi connectivity index (χ0v) is 12.1. The summed E-state index contributed by atoms with van der Waals surface area (Å²) in [6.45, 7) is 1.40. The van der Waals surface area contributed by atoms with Crippen LogP contribution < -0.4 is 5.32 Å². The van der Waals surface area contributed by atoms with Gasteiger partial charge in [0.05, 0.1) is 18.2 Å². The lowest BCUT2D eigenvalue weighted by molar-refractivity contribution is -0.310. The van der Waals surface area contributed by atoms with Crippen LogP contribution >= 0.6 is 0 Å². The van der Waals surface area contributed by atoms with Gasteiger partial charge in [-0.25, -0.2) is 4.79 Å². The minimum atomic E-state index is -2.82. The first kappa shape index (κ1) is 18.7. The Morgan fingerprint density at radius 1 is 1.36 bits per heavy atom. The molecule has 6 atom stereocenters. The Kier molecular flexibility index (Phi) is 5.49. The zero-order chi connectivity index (χ0) is 17.3. The Morgan fingerprint density at radius 2 is 1.91 bits per heavy atom. The lowest BCUT2D eigenvalue weighted by Crippen LogP contribution is -2.71. The summed E-state index contributed by atoms with van der Waals surface area (Å²) in [5.74, 6) is -5.23. The fourth-order valence-electron chi connectivity index (χ4n) is 2.46. The maximum atomic E-state index is 11.3. The van der Waals surface area contributed by atoms with Crippen molar-refractivity contribution >= 4 is 11.9 Å². The molecule has 22 heavy (non-hydrogen) atoms. The van der Waals surface area contributed by atoms with E-state index in [2.05, 4.69) is 5.32 Å². The van der Waals surface area contributed by atoms with E-state index in [4.69, 9.17) is 14.9 Å². The molecule has 1 rings (SSSR count). The van der Waals surface area contributed by atoms with Gasteiger partial charge in [0.15, 0.2) is 0 Å². The third kappa shape index (κ3) is 3.72. The monoisotopic (exact) mass is 323 g/mol. The van der Waals surface area contributed by atoms with Crippen LogP contribution in [0.4, 0.5) is 0 Å². The van der Waals surface area contributed by atoms with E-state index in [-0.39, 0.29) is 0 Å². The fraction of sp³-hybridized carbons (Fsp3) is 0.833. The summed E-state index contributed by atoms with van der Waals surface area (Å²) in [6.07, 6.45) is -6.04. The summed E-state index contributed by atoms with van der Waals surface area (Å²) in [5.41, 5.74) is -1.96. The number of aliphatic hydroxyl groups excluding tert-OH is 3. The number of carboxylic acids is 1. The Hall–Kier alpha value is -1.30. The summed E-state index contributed by atoms with van der Waals surface area (Å²) in [5, 5.41) is 60.0. The molecule has 1 aliphatic rings. The van der Waals surface area contributed by atoms with Gasteiger partial charge in [-0.1, -0.05) is 0 Å². The van der Waals surface area contributed by atoms with E-state index in [0.29, 0.717) is 0 Å². The smallest absolute Gasteiger partial charge is 0.364 e. The van der Waals surface area contributed by atoms with Crippen molar-refractivity contribution in [1.82, 2.24) is 5.32 Å². The van der Waals surface area contributed by atoms with Gasteiger partial charge in [0, 0.05) is 13.3 Å². The molecule has 10 nitrogen and oxygen atoms in total. The van der Waals surface area contributed by atoms with Crippen LogP contribution in [0.2, 0.25) is 0 Å². The third-order valence-electron chi connectivity index (χ3n) is 3.54. The van der Waals surface area contributed by atoms with Crippen molar-refractivity contribution in [3.8, 4) is 0 Å². The summed E-state index contributed by atoms with van der Waals surface area (Å²) < 4.78 is 4.93. The van der Waals surface area contributed by atoms with Crippen molar-refractivity contribution in [2.75, 3.05) is 6.61 Å². The van der Waals surface area contributed by atoms with Crippen molar-refractivity contribution in [2.45, 2.75) is 56.0 Å². The van der Waals surface area contributed by atoms with Gasteiger partial charge in [0.25, 0.3) is 5.79 Å². The van der Waals surface area contributed by atoms with Crippen molar-refractivity contribution in [3.05, 3.63) is 0 Å². The fourth-order valence-corrected chi connectivity index (χ4v) is 2.46. The average Bonchev–Trinajstić information content (AvgIpc) is 2.38. The van der Waals surface area contributed by atoms with Gasteiger partial charge < -0.3 is 40.7 Å². The van der Waals surface area contributed by atoms with Gasteiger partial charge in [-0.05, 0) is 6.92 Å². The molecule has 1 fully saturated rings. The summed E-state index contributed by atoms with van der Waals surface area (Å²) >= 11 is 0. The number of rotatable bonds is 5. The maximum absolute atomic E-state index is 11.3. The highest BCUT2D eigenvalue weighted by Crippen LogP contribution is 2.36. The minimum absolute atomic E-state index is 0.606. The molecule has 0 radical (unpaired) electrons. The topological polar surface area (TPSA) is 177 Å². The van der Waals surface area contributed by atoms with E-state index in [1.54, 1.807) is 0 Å². The number of carbonyl (C=O) groups is 2. The average molecular weight is 323 g/mol. The first-order valence-electron chi connectivity index (χ1n) is 6.54. The standard InChI is InChI=1S/C12H21NO9/c1-5(15)13-9-8(7(17)6(16)3-14)22-12(21,10(18)19)4-11(9,2)20/h6-9,14,16-17,20-21H,3-4H2,1-2H3,(H,13,15)(H,18,19)/t6-,7-,8+,9+,11-,12+/m1/s1. The number of aliphatic carboxylic acids is 1. The molecule has 7 N–H and O–H groups in total. The van der Waals surface area contributed by atoms with E-state index < -0.39 is 60.6 Å². The summed E-state index contributed by atoms with van der Waals surface area (Å²) in [6, 6.07) is -1.32. The molecule has 10 heteroatoms. The molecule has 0 saturated carbocycles. The highest BCUT2D eigenvalue weighted by Gasteiger charge is 2.58. The number of hydrogen-bond donors (Lipinski definition) is 7. The molecule has 0 aromatic rings. The first-order chi connectivity index (χ1) is 9.94. The first-order valence-corrected chi connectivity index (χ1v) is 6.54. The minimum Gasteiger partial charge on any atom is -0.477 e. The van der Waals surface area contributed by atoms with E-state index in [0.717, 1.165) is 13.8 Å². The van der Waals surface area contributed by atoms with Crippen molar-refractivity contribution in [3.63, 3.8) is 0 Å². The van der Waals surface area contributed by atoms with Gasteiger partial charge in [0.2, 0.25) is 5.91 Å². The Bertz CT molecular complexity index is 440. The highest BCUT2D eigenvalue weighted by atomic mass is 16.7. The van der Waals surface area contributed by atoms with Crippen molar-refractivity contribution < 1.29 is 45.0 Å². The molecule has 0 aliphatic carbocycles. The number of carbonyl (C=O) groups excluding carboxylic acids is 1. The van der Waals surface area contributed by atoms with Crippen LogP contribution in [0, 0.1) is 0 Å². The van der Waals surface area contributed by atoms with Crippen molar-refractivity contribution in [1.29, 1.82) is 0 Å². The molecule has 0 bridgehead atoms. The SMILES string of the molecule is CC(=O)N[C@H]1[C@H]([C@H](O)[C@H](O)CO)O[C@](O)(C(=O)O)C[C@@]1(C)O. The second-order valence-electron chi connectivity index (χ2n) is 5.62. The van der Waals surface area contributed by atoms with Crippen LogP contribution in [0.1, 0.15) is 20.3 Å². The lowest BCUT2D eigenvalue weighted by Gasteiger charge is -2.49. The largest absolute Gasteiger partial charge is 0.477 e. The number of carboxylic acid groups (broad SMARTS) is 1. The zero-order valence-electron chi connectivity index (χ0n) is 12.1. The number of ether oxygens (including phenoxy) is 1. The van der Waals surface area contributed by atoms with Gasteiger partial charge in [-0.15, -0.1) is 0 Å². The molecule has 0 unspecified atom stereocenters. The predicted molar refractivity (Wildman–Crippen MR) is 69.4 cm³/mol. The lowest BCUT2D eigenvalue weighted by atomic mass is 9.79. The van der Waals surface area contributed by atoms with Crippen LogP contribution in [-0.2, 0) is 14.3 Å². The normalized spacial score (nSPS) is 38.1. The Morgan fingerprint density at radius 3 is 2.32 bits per heavy atom. The van der Waals surface area contributed by atoms with Crippen LogP contribution in [-0.4, -0.2) is 84.9 Å². The molecule has 1 amide bonds. The molecule has 0 aromatic carbocycles. The molecule has 1 saturated heterocycles. The van der Waals surface area contributed by atoms with Crippen LogP contribution in [0.25, 0.3) is 0 Å². The molecule has 128 valence electrons. The van der Waals surface area contributed by atoms with Crippen LogP contribution in [0.3, 0.4) is 0 Å².